The number of halogens is 1. The van der Waals surface area contributed by atoms with Crippen molar-refractivity contribution in [1.82, 2.24) is 0 Å². The van der Waals surface area contributed by atoms with E-state index in [1.165, 1.54) is 0 Å². The van der Waals surface area contributed by atoms with Gasteiger partial charge in [-0.1, -0.05) is 17.7 Å². The van der Waals surface area contributed by atoms with E-state index in [1.54, 1.807) is 6.07 Å². The molecule has 0 aromatic heterocycles. The van der Waals surface area contributed by atoms with Crippen molar-refractivity contribution in [3.05, 3.63) is 41.4 Å². The Morgan fingerprint density at radius 2 is 2.33 bits per heavy atom. The van der Waals surface area contributed by atoms with Gasteiger partial charge in [-0.3, -0.25) is 0 Å². The first kappa shape index (κ1) is 12.1. The van der Waals surface area contributed by atoms with Gasteiger partial charge in [-0.2, -0.15) is 0 Å². The van der Waals surface area contributed by atoms with Crippen LogP contribution in [0.15, 0.2) is 30.9 Å². The average Bonchev–Trinajstić information content (AvgIpc) is 2.20. The lowest BCUT2D eigenvalue weighted by molar-refractivity contribution is 0.320. The van der Waals surface area contributed by atoms with Crippen molar-refractivity contribution in [3.63, 3.8) is 0 Å². The molecule has 2 N–H and O–H groups in total. The zero-order valence-corrected chi connectivity index (χ0v) is 9.63. The predicted octanol–water partition coefficient (Wildman–Crippen LogP) is 3.31. The van der Waals surface area contributed by atoms with Crippen LogP contribution in [-0.4, -0.2) is 6.61 Å². The summed E-state index contributed by atoms with van der Waals surface area (Å²) in [6, 6.07) is 5.42. The van der Waals surface area contributed by atoms with Crippen LogP contribution in [0, 0.1) is 0 Å². The number of hydrogen-bond donors (Lipinski definition) is 1. The number of rotatable bonds is 5. The normalized spacial score (nSPS) is 12.2. The summed E-state index contributed by atoms with van der Waals surface area (Å²) >= 11 is 5.89. The molecular weight excluding hydrogens is 210 g/mol. The van der Waals surface area contributed by atoms with E-state index in [0.29, 0.717) is 11.6 Å². The first-order valence-corrected chi connectivity index (χ1v) is 5.31. The Morgan fingerprint density at radius 3 is 2.93 bits per heavy atom. The Kier molecular flexibility index (Phi) is 4.66. The summed E-state index contributed by atoms with van der Waals surface area (Å²) < 4.78 is 5.58. The highest BCUT2D eigenvalue weighted by molar-refractivity contribution is 6.30. The molecule has 0 fully saturated rings. The fourth-order valence-corrected chi connectivity index (χ4v) is 1.44. The summed E-state index contributed by atoms with van der Waals surface area (Å²) in [7, 11) is 0. The second-order valence-electron chi connectivity index (χ2n) is 3.40. The van der Waals surface area contributed by atoms with Crippen LogP contribution < -0.4 is 10.5 Å². The Balaban J connectivity index is 2.81. The lowest BCUT2D eigenvalue weighted by Crippen LogP contribution is -2.08. The minimum Gasteiger partial charge on any atom is -0.493 e. The second-order valence-corrected chi connectivity index (χ2v) is 3.83. The third-order valence-electron chi connectivity index (χ3n) is 2.04. The van der Waals surface area contributed by atoms with Gasteiger partial charge in [0.05, 0.1) is 6.61 Å². The molecule has 0 saturated carbocycles. The summed E-state index contributed by atoms with van der Waals surface area (Å²) in [6.07, 6.45) is 2.64. The third-order valence-corrected chi connectivity index (χ3v) is 2.28. The minimum absolute atomic E-state index is 0.0811. The van der Waals surface area contributed by atoms with Crippen LogP contribution in [0.3, 0.4) is 0 Å². The van der Waals surface area contributed by atoms with Crippen molar-refractivity contribution in [2.75, 3.05) is 6.61 Å². The van der Waals surface area contributed by atoms with Crippen molar-refractivity contribution >= 4 is 11.6 Å². The molecule has 0 aliphatic heterocycles. The number of ether oxygens (including phenoxy) is 1. The molecule has 0 heterocycles. The largest absolute Gasteiger partial charge is 0.493 e. The van der Waals surface area contributed by atoms with E-state index in [-0.39, 0.29) is 6.04 Å². The molecule has 1 aromatic rings. The molecular formula is C12H16ClNO. The fraction of sp³-hybridized carbons (Fsp3) is 0.333. The third kappa shape index (κ3) is 3.57. The maximum atomic E-state index is 5.89. The van der Waals surface area contributed by atoms with Gasteiger partial charge in [0.1, 0.15) is 5.75 Å². The quantitative estimate of drug-likeness (QED) is 0.616. The summed E-state index contributed by atoms with van der Waals surface area (Å²) in [5.41, 5.74) is 6.77. The monoisotopic (exact) mass is 225 g/mol. The molecule has 1 rings (SSSR count). The smallest absolute Gasteiger partial charge is 0.124 e. The molecule has 0 amide bonds. The molecule has 0 unspecified atom stereocenters. The lowest BCUT2D eigenvalue weighted by atomic mass is 10.1. The van der Waals surface area contributed by atoms with E-state index in [0.717, 1.165) is 17.7 Å². The van der Waals surface area contributed by atoms with Gasteiger partial charge in [-0.25, -0.2) is 0 Å². The maximum absolute atomic E-state index is 5.89. The zero-order chi connectivity index (χ0) is 11.3. The van der Waals surface area contributed by atoms with Crippen molar-refractivity contribution in [2.24, 2.45) is 5.73 Å². The molecule has 0 saturated heterocycles. The number of benzene rings is 1. The van der Waals surface area contributed by atoms with Crippen LogP contribution in [0.5, 0.6) is 5.75 Å². The van der Waals surface area contributed by atoms with Gasteiger partial charge in [0.25, 0.3) is 0 Å². The van der Waals surface area contributed by atoms with Gasteiger partial charge in [-0.15, -0.1) is 6.58 Å². The summed E-state index contributed by atoms with van der Waals surface area (Å²) in [5.74, 6) is 0.802. The van der Waals surface area contributed by atoms with Crippen LogP contribution in [0.25, 0.3) is 0 Å². The molecule has 1 aromatic carbocycles. The molecule has 0 radical (unpaired) electrons. The van der Waals surface area contributed by atoms with Crippen LogP contribution in [0.4, 0.5) is 0 Å². The summed E-state index contributed by atoms with van der Waals surface area (Å²) in [6.45, 7) is 6.16. The lowest BCUT2D eigenvalue weighted by Gasteiger charge is -2.13. The molecule has 15 heavy (non-hydrogen) atoms. The van der Waals surface area contributed by atoms with E-state index >= 15 is 0 Å². The zero-order valence-electron chi connectivity index (χ0n) is 8.87. The molecule has 0 spiro atoms. The maximum Gasteiger partial charge on any atom is 0.124 e. The topological polar surface area (TPSA) is 35.2 Å². The predicted molar refractivity (Wildman–Crippen MR) is 64.4 cm³/mol. The van der Waals surface area contributed by atoms with Gasteiger partial charge >= 0.3 is 0 Å². The molecule has 0 aliphatic carbocycles. The Bertz CT molecular complexity index is 336. The van der Waals surface area contributed by atoms with Gasteiger partial charge in [0, 0.05) is 16.6 Å². The van der Waals surface area contributed by atoms with Crippen molar-refractivity contribution in [3.8, 4) is 5.75 Å². The molecule has 0 aliphatic rings. The highest BCUT2D eigenvalue weighted by atomic mass is 35.5. The van der Waals surface area contributed by atoms with E-state index in [1.807, 2.05) is 25.1 Å². The van der Waals surface area contributed by atoms with E-state index in [4.69, 9.17) is 22.1 Å². The first-order chi connectivity index (χ1) is 7.15. The standard InChI is InChI=1S/C12H16ClNO/c1-3-4-7-15-12-6-5-10(13)8-11(12)9(2)14/h3,5-6,8-9H,1,4,7,14H2,2H3/t9-/m0/s1. The Hall–Kier alpha value is -0.990. The molecule has 1 atom stereocenters. The number of hydrogen-bond acceptors (Lipinski definition) is 2. The van der Waals surface area contributed by atoms with Gasteiger partial charge in [0.2, 0.25) is 0 Å². The molecule has 3 heteroatoms. The SMILES string of the molecule is C=CCCOc1ccc(Cl)cc1[C@H](C)N. The second kappa shape index (κ2) is 5.79. The molecule has 0 bridgehead atoms. The van der Waals surface area contributed by atoms with E-state index in [2.05, 4.69) is 6.58 Å². The Morgan fingerprint density at radius 1 is 1.60 bits per heavy atom. The average molecular weight is 226 g/mol. The van der Waals surface area contributed by atoms with E-state index in [9.17, 15) is 0 Å². The highest BCUT2D eigenvalue weighted by Gasteiger charge is 2.08. The molecule has 82 valence electrons. The van der Waals surface area contributed by atoms with Gasteiger partial charge in [-0.05, 0) is 31.5 Å². The summed E-state index contributed by atoms with van der Waals surface area (Å²) in [5, 5.41) is 0.679. The van der Waals surface area contributed by atoms with Crippen molar-refractivity contribution in [1.29, 1.82) is 0 Å². The van der Waals surface area contributed by atoms with Crippen molar-refractivity contribution in [2.45, 2.75) is 19.4 Å². The van der Waals surface area contributed by atoms with Crippen LogP contribution in [0.1, 0.15) is 24.9 Å². The first-order valence-electron chi connectivity index (χ1n) is 4.94. The highest BCUT2D eigenvalue weighted by Crippen LogP contribution is 2.27. The van der Waals surface area contributed by atoms with Crippen LogP contribution in [0.2, 0.25) is 5.02 Å². The van der Waals surface area contributed by atoms with Crippen LogP contribution in [-0.2, 0) is 0 Å². The minimum atomic E-state index is -0.0811. The van der Waals surface area contributed by atoms with Crippen LogP contribution >= 0.6 is 11.6 Å². The summed E-state index contributed by atoms with van der Waals surface area (Å²) in [4.78, 5) is 0. The molecule has 2 nitrogen and oxygen atoms in total. The van der Waals surface area contributed by atoms with E-state index < -0.39 is 0 Å². The fourth-order valence-electron chi connectivity index (χ4n) is 1.26. The van der Waals surface area contributed by atoms with Gasteiger partial charge < -0.3 is 10.5 Å². The van der Waals surface area contributed by atoms with Crippen molar-refractivity contribution < 1.29 is 4.74 Å². The number of nitrogens with two attached hydrogens (primary N) is 1. The van der Waals surface area contributed by atoms with Gasteiger partial charge in [0.15, 0.2) is 0 Å². The Labute approximate surface area is 95.7 Å².